The van der Waals surface area contributed by atoms with Gasteiger partial charge in [-0.1, -0.05) is 55.0 Å². The number of piperidine rings is 2. The molecule has 0 spiro atoms. The minimum absolute atomic E-state index is 0.0508. The lowest BCUT2D eigenvalue weighted by atomic mass is 9.72. The van der Waals surface area contributed by atoms with Gasteiger partial charge in [0.15, 0.2) is 0 Å². The van der Waals surface area contributed by atoms with Crippen molar-refractivity contribution in [1.82, 2.24) is 9.80 Å². The Morgan fingerprint density at radius 2 is 1.57 bits per heavy atom. The van der Waals surface area contributed by atoms with Crippen molar-refractivity contribution in [1.29, 1.82) is 0 Å². The van der Waals surface area contributed by atoms with Crippen molar-refractivity contribution in [3.05, 3.63) is 33.8 Å². The number of amides is 1. The highest BCUT2D eigenvalue weighted by Gasteiger charge is 2.45. The number of benzene rings is 1. The average molecular weight is 453 g/mol. The smallest absolute Gasteiger partial charge is 0.233 e. The van der Waals surface area contributed by atoms with Crippen molar-refractivity contribution in [2.24, 2.45) is 0 Å². The summed E-state index contributed by atoms with van der Waals surface area (Å²) in [7, 11) is 0. The third-order valence-electron chi connectivity index (χ3n) is 7.46. The minimum atomic E-state index is -1.00. The first-order valence-corrected chi connectivity index (χ1v) is 12.4. The molecule has 4 nitrogen and oxygen atoms in total. The number of halogens is 2. The van der Waals surface area contributed by atoms with E-state index in [1.807, 2.05) is 11.0 Å². The maximum Gasteiger partial charge on any atom is 0.233 e. The molecule has 1 N–H and O–H groups in total. The van der Waals surface area contributed by atoms with E-state index in [0.29, 0.717) is 28.9 Å². The largest absolute Gasteiger partial charge is 0.389 e. The molecule has 0 radical (unpaired) electrons. The Kier molecular flexibility index (Phi) is 7.29. The zero-order valence-corrected chi connectivity index (χ0v) is 19.3. The molecular weight excluding hydrogens is 419 g/mol. The molecule has 166 valence electrons. The van der Waals surface area contributed by atoms with Gasteiger partial charge in [-0.25, -0.2) is 0 Å². The standard InChI is InChI=1S/C24H34Cl2N2O2/c25-20-8-7-18(17-21(20)26)22(24(30)11-3-1-4-12-24)23(29)28-15-9-19(10-16-28)27-13-5-2-6-14-27/h7-8,17,19,22,30H,1-6,9-16H2. The summed E-state index contributed by atoms with van der Waals surface area (Å²) in [5.74, 6) is -0.519. The Morgan fingerprint density at radius 3 is 2.20 bits per heavy atom. The van der Waals surface area contributed by atoms with E-state index in [-0.39, 0.29) is 5.91 Å². The number of nitrogens with zero attached hydrogens (tertiary/aromatic N) is 2. The molecule has 30 heavy (non-hydrogen) atoms. The average Bonchev–Trinajstić information content (AvgIpc) is 2.77. The number of rotatable bonds is 4. The van der Waals surface area contributed by atoms with Gasteiger partial charge in [0.2, 0.25) is 5.91 Å². The van der Waals surface area contributed by atoms with Gasteiger partial charge in [0, 0.05) is 19.1 Å². The first-order chi connectivity index (χ1) is 14.5. The lowest BCUT2D eigenvalue weighted by Crippen LogP contribution is -2.52. The maximum atomic E-state index is 13.8. The summed E-state index contributed by atoms with van der Waals surface area (Å²) in [5, 5.41) is 12.5. The Morgan fingerprint density at radius 1 is 0.933 bits per heavy atom. The predicted molar refractivity (Wildman–Crippen MR) is 122 cm³/mol. The molecule has 1 aliphatic carbocycles. The fourth-order valence-corrected chi connectivity index (χ4v) is 6.05. The first-order valence-electron chi connectivity index (χ1n) is 11.7. The summed E-state index contributed by atoms with van der Waals surface area (Å²) in [6.45, 7) is 3.94. The van der Waals surface area contributed by atoms with E-state index in [9.17, 15) is 9.90 Å². The molecule has 2 aliphatic heterocycles. The molecule has 3 aliphatic rings. The number of carbonyl (C=O) groups is 1. The Hall–Kier alpha value is -0.810. The van der Waals surface area contributed by atoms with E-state index in [0.717, 1.165) is 50.8 Å². The van der Waals surface area contributed by atoms with Crippen molar-refractivity contribution in [3.63, 3.8) is 0 Å². The molecule has 1 saturated carbocycles. The van der Waals surface area contributed by atoms with Gasteiger partial charge in [0.1, 0.15) is 0 Å². The lowest BCUT2D eigenvalue weighted by Gasteiger charge is -2.44. The van der Waals surface area contributed by atoms with Crippen LogP contribution in [0.4, 0.5) is 0 Å². The number of aliphatic hydroxyl groups is 1. The van der Waals surface area contributed by atoms with Crippen LogP contribution in [0.5, 0.6) is 0 Å². The summed E-state index contributed by atoms with van der Waals surface area (Å²) in [6.07, 6.45) is 10.3. The van der Waals surface area contributed by atoms with Crippen molar-refractivity contribution in [3.8, 4) is 0 Å². The Labute approximate surface area is 190 Å². The van der Waals surface area contributed by atoms with Crippen LogP contribution in [0.15, 0.2) is 18.2 Å². The molecule has 1 unspecified atom stereocenters. The van der Waals surface area contributed by atoms with Crippen LogP contribution in [0, 0.1) is 0 Å². The summed E-state index contributed by atoms with van der Waals surface area (Å²) in [5.41, 5.74) is -0.215. The summed E-state index contributed by atoms with van der Waals surface area (Å²) < 4.78 is 0. The van der Waals surface area contributed by atoms with Crippen LogP contribution in [-0.2, 0) is 4.79 Å². The normalized spacial score (nSPS) is 24.6. The van der Waals surface area contributed by atoms with Crippen LogP contribution >= 0.6 is 23.2 Å². The molecule has 1 aromatic carbocycles. The quantitative estimate of drug-likeness (QED) is 0.677. The van der Waals surface area contributed by atoms with E-state index in [1.54, 1.807) is 12.1 Å². The van der Waals surface area contributed by atoms with Crippen LogP contribution in [0.25, 0.3) is 0 Å². The SMILES string of the molecule is O=C(C(c1ccc(Cl)c(Cl)c1)C1(O)CCCCC1)N1CCC(N2CCCCC2)CC1. The fourth-order valence-electron chi connectivity index (χ4n) is 5.74. The second kappa shape index (κ2) is 9.77. The van der Waals surface area contributed by atoms with Gasteiger partial charge in [-0.05, 0) is 69.3 Å². The van der Waals surface area contributed by atoms with E-state index in [1.165, 1.54) is 32.4 Å². The summed E-state index contributed by atoms with van der Waals surface area (Å²) in [6, 6.07) is 5.98. The van der Waals surface area contributed by atoms with Crippen molar-refractivity contribution in [2.45, 2.75) is 81.8 Å². The molecule has 1 aromatic rings. The van der Waals surface area contributed by atoms with Crippen LogP contribution in [-0.4, -0.2) is 58.6 Å². The van der Waals surface area contributed by atoms with Gasteiger partial charge in [-0.15, -0.1) is 0 Å². The van der Waals surface area contributed by atoms with Gasteiger partial charge in [0.05, 0.1) is 21.6 Å². The number of hydrogen-bond donors (Lipinski definition) is 1. The zero-order chi connectivity index (χ0) is 21.1. The number of hydrogen-bond acceptors (Lipinski definition) is 3. The van der Waals surface area contributed by atoms with Crippen LogP contribution in [0.2, 0.25) is 10.0 Å². The van der Waals surface area contributed by atoms with E-state index in [4.69, 9.17) is 23.2 Å². The third kappa shape index (κ3) is 4.82. The van der Waals surface area contributed by atoms with Crippen molar-refractivity contribution >= 4 is 29.1 Å². The van der Waals surface area contributed by atoms with Crippen LogP contribution in [0.1, 0.15) is 75.7 Å². The lowest BCUT2D eigenvalue weighted by molar-refractivity contribution is -0.143. The fraction of sp³-hybridized carbons (Fsp3) is 0.708. The Bertz CT molecular complexity index is 737. The molecule has 4 rings (SSSR count). The molecule has 0 aromatic heterocycles. The highest BCUT2D eigenvalue weighted by atomic mass is 35.5. The van der Waals surface area contributed by atoms with E-state index < -0.39 is 11.5 Å². The van der Waals surface area contributed by atoms with Gasteiger partial charge >= 0.3 is 0 Å². The second-order valence-corrected chi connectivity index (χ2v) is 10.2. The van der Waals surface area contributed by atoms with Crippen molar-refractivity contribution < 1.29 is 9.90 Å². The molecule has 0 bridgehead atoms. The van der Waals surface area contributed by atoms with Crippen LogP contribution < -0.4 is 0 Å². The molecule has 1 atom stereocenters. The molecule has 3 fully saturated rings. The van der Waals surface area contributed by atoms with Crippen molar-refractivity contribution in [2.75, 3.05) is 26.2 Å². The maximum absolute atomic E-state index is 13.8. The predicted octanol–water partition coefficient (Wildman–Crippen LogP) is 5.25. The van der Waals surface area contributed by atoms with E-state index in [2.05, 4.69) is 4.90 Å². The highest BCUT2D eigenvalue weighted by molar-refractivity contribution is 6.42. The Balaban J connectivity index is 1.51. The van der Waals surface area contributed by atoms with Gasteiger partial charge in [-0.2, -0.15) is 0 Å². The number of likely N-dealkylation sites (tertiary alicyclic amines) is 2. The second-order valence-electron chi connectivity index (χ2n) is 9.42. The first kappa shape index (κ1) is 22.4. The number of carbonyl (C=O) groups excluding carboxylic acids is 1. The molecular formula is C24H34Cl2N2O2. The summed E-state index contributed by atoms with van der Waals surface area (Å²) >= 11 is 12.4. The highest BCUT2D eigenvalue weighted by Crippen LogP contribution is 2.42. The monoisotopic (exact) mass is 452 g/mol. The molecule has 1 amide bonds. The zero-order valence-electron chi connectivity index (χ0n) is 17.8. The van der Waals surface area contributed by atoms with Gasteiger partial charge < -0.3 is 14.9 Å². The minimum Gasteiger partial charge on any atom is -0.389 e. The third-order valence-corrected chi connectivity index (χ3v) is 8.20. The molecule has 6 heteroatoms. The van der Waals surface area contributed by atoms with Crippen LogP contribution in [0.3, 0.4) is 0 Å². The van der Waals surface area contributed by atoms with Gasteiger partial charge in [-0.3, -0.25) is 4.79 Å². The molecule has 2 saturated heterocycles. The van der Waals surface area contributed by atoms with E-state index >= 15 is 0 Å². The van der Waals surface area contributed by atoms with Gasteiger partial charge in [0.25, 0.3) is 0 Å². The molecule has 2 heterocycles. The summed E-state index contributed by atoms with van der Waals surface area (Å²) in [4.78, 5) is 18.4. The topological polar surface area (TPSA) is 43.8 Å².